The minimum atomic E-state index is -0.120. The van der Waals surface area contributed by atoms with Crippen LogP contribution in [0.3, 0.4) is 0 Å². The Morgan fingerprint density at radius 3 is 2.59 bits per heavy atom. The van der Waals surface area contributed by atoms with Crippen LogP contribution in [-0.4, -0.2) is 60.4 Å². The van der Waals surface area contributed by atoms with Gasteiger partial charge in [0, 0.05) is 51.5 Å². The normalized spacial score (nSPS) is 15.2. The summed E-state index contributed by atoms with van der Waals surface area (Å²) in [5, 5.41) is 6.24. The molecule has 0 saturated carbocycles. The molecular formula is C15H25ClN4O2. The molecule has 0 atom stereocenters. The van der Waals surface area contributed by atoms with E-state index < -0.39 is 0 Å². The zero-order valence-corrected chi connectivity index (χ0v) is 14.0. The van der Waals surface area contributed by atoms with Crippen molar-refractivity contribution < 1.29 is 9.59 Å². The van der Waals surface area contributed by atoms with Crippen molar-refractivity contribution in [1.29, 1.82) is 0 Å². The van der Waals surface area contributed by atoms with Crippen LogP contribution in [0.25, 0.3) is 0 Å². The highest BCUT2D eigenvalue weighted by Gasteiger charge is 2.13. The van der Waals surface area contributed by atoms with Gasteiger partial charge in [0.25, 0.3) is 5.91 Å². The predicted molar refractivity (Wildman–Crippen MR) is 88.9 cm³/mol. The van der Waals surface area contributed by atoms with Crippen LogP contribution in [0.15, 0.2) is 12.3 Å². The summed E-state index contributed by atoms with van der Waals surface area (Å²) in [6.45, 7) is 7.41. The lowest BCUT2D eigenvalue weighted by Crippen LogP contribution is -2.44. The second kappa shape index (κ2) is 8.92. The SMILES string of the molecule is CC(=O)c1cc(C(=O)NCCCN2CCNCC2)n(C)c1.Cl. The number of carbonyl (C=O) groups is 2. The number of aryl methyl sites for hydroxylation is 1. The number of hydrogen-bond donors (Lipinski definition) is 2. The van der Waals surface area contributed by atoms with Gasteiger partial charge in [-0.1, -0.05) is 0 Å². The monoisotopic (exact) mass is 328 g/mol. The van der Waals surface area contributed by atoms with E-state index in [-0.39, 0.29) is 24.1 Å². The van der Waals surface area contributed by atoms with Gasteiger partial charge in [0.1, 0.15) is 5.69 Å². The topological polar surface area (TPSA) is 66.4 Å². The van der Waals surface area contributed by atoms with E-state index >= 15 is 0 Å². The molecule has 1 aliphatic rings. The number of Topliss-reactive ketones (excluding diaryl/α,β-unsaturated/α-hetero) is 1. The van der Waals surface area contributed by atoms with Crippen LogP contribution in [0, 0.1) is 0 Å². The molecule has 1 aromatic heterocycles. The molecule has 124 valence electrons. The number of nitrogens with zero attached hydrogens (tertiary/aromatic N) is 2. The summed E-state index contributed by atoms with van der Waals surface area (Å²) in [6.07, 6.45) is 2.63. The van der Waals surface area contributed by atoms with E-state index in [2.05, 4.69) is 15.5 Å². The van der Waals surface area contributed by atoms with Crippen LogP contribution >= 0.6 is 12.4 Å². The first-order chi connectivity index (χ1) is 10.1. The number of amides is 1. The van der Waals surface area contributed by atoms with Gasteiger partial charge >= 0.3 is 0 Å². The molecular weight excluding hydrogens is 304 g/mol. The van der Waals surface area contributed by atoms with E-state index in [1.165, 1.54) is 6.92 Å². The first kappa shape index (κ1) is 18.7. The second-order valence-electron chi connectivity index (χ2n) is 5.48. The standard InChI is InChI=1S/C15H24N4O2.ClH/c1-12(20)13-10-14(18(2)11-13)15(21)17-4-3-7-19-8-5-16-6-9-19;/h10-11,16H,3-9H2,1-2H3,(H,17,21);1H. The van der Waals surface area contributed by atoms with E-state index in [4.69, 9.17) is 0 Å². The first-order valence-electron chi connectivity index (χ1n) is 7.46. The number of rotatable bonds is 6. The van der Waals surface area contributed by atoms with Gasteiger partial charge in [-0.2, -0.15) is 0 Å². The average molecular weight is 329 g/mol. The Bertz CT molecular complexity index is 510. The van der Waals surface area contributed by atoms with E-state index in [0.29, 0.717) is 17.8 Å². The van der Waals surface area contributed by atoms with Crippen molar-refractivity contribution >= 4 is 24.1 Å². The number of carbonyl (C=O) groups excluding carboxylic acids is 2. The lowest BCUT2D eigenvalue weighted by Gasteiger charge is -2.27. The van der Waals surface area contributed by atoms with Crippen LogP contribution < -0.4 is 10.6 Å². The van der Waals surface area contributed by atoms with Crippen molar-refractivity contribution in [2.24, 2.45) is 7.05 Å². The molecule has 2 rings (SSSR count). The molecule has 0 aromatic carbocycles. The number of piperazine rings is 1. The first-order valence-corrected chi connectivity index (χ1v) is 7.46. The maximum atomic E-state index is 12.1. The van der Waals surface area contributed by atoms with Crippen molar-refractivity contribution in [1.82, 2.24) is 20.1 Å². The van der Waals surface area contributed by atoms with Gasteiger partial charge in [-0.05, 0) is 26.0 Å². The predicted octanol–water partition coefficient (Wildman–Crippen LogP) is 0.675. The van der Waals surface area contributed by atoms with Crippen LogP contribution in [0.2, 0.25) is 0 Å². The Labute approximate surface area is 137 Å². The molecule has 2 N–H and O–H groups in total. The van der Waals surface area contributed by atoms with Gasteiger partial charge in [0.05, 0.1) is 0 Å². The van der Waals surface area contributed by atoms with Crippen LogP contribution in [0.5, 0.6) is 0 Å². The van der Waals surface area contributed by atoms with Crippen LogP contribution in [0.1, 0.15) is 34.2 Å². The molecule has 1 aromatic rings. The molecule has 2 heterocycles. The van der Waals surface area contributed by atoms with E-state index in [9.17, 15) is 9.59 Å². The third-order valence-electron chi connectivity index (χ3n) is 3.79. The van der Waals surface area contributed by atoms with Gasteiger partial charge in [0.2, 0.25) is 0 Å². The molecule has 7 heteroatoms. The Morgan fingerprint density at radius 1 is 1.32 bits per heavy atom. The Morgan fingerprint density at radius 2 is 2.00 bits per heavy atom. The molecule has 1 aliphatic heterocycles. The zero-order valence-electron chi connectivity index (χ0n) is 13.2. The van der Waals surface area contributed by atoms with E-state index in [1.54, 1.807) is 23.9 Å². The lowest BCUT2D eigenvalue weighted by molar-refractivity contribution is 0.0943. The molecule has 1 fully saturated rings. The fourth-order valence-electron chi connectivity index (χ4n) is 2.51. The van der Waals surface area contributed by atoms with E-state index in [0.717, 1.165) is 39.1 Å². The van der Waals surface area contributed by atoms with Crippen molar-refractivity contribution in [2.75, 3.05) is 39.3 Å². The molecule has 6 nitrogen and oxygen atoms in total. The average Bonchev–Trinajstić information content (AvgIpc) is 2.87. The minimum absolute atomic E-state index is 0. The molecule has 0 unspecified atom stereocenters. The Hall–Kier alpha value is -1.37. The largest absolute Gasteiger partial charge is 0.351 e. The second-order valence-corrected chi connectivity index (χ2v) is 5.48. The summed E-state index contributed by atoms with van der Waals surface area (Å²) in [4.78, 5) is 25.8. The van der Waals surface area contributed by atoms with Crippen LogP contribution in [-0.2, 0) is 7.05 Å². The molecule has 0 aliphatic carbocycles. The molecule has 0 bridgehead atoms. The highest BCUT2D eigenvalue weighted by Crippen LogP contribution is 2.08. The minimum Gasteiger partial charge on any atom is -0.351 e. The molecule has 1 amide bonds. The number of ketones is 1. The van der Waals surface area contributed by atoms with Gasteiger partial charge in [-0.3, -0.25) is 9.59 Å². The number of nitrogens with one attached hydrogen (secondary N) is 2. The van der Waals surface area contributed by atoms with Crippen molar-refractivity contribution in [3.05, 3.63) is 23.5 Å². The highest BCUT2D eigenvalue weighted by atomic mass is 35.5. The quantitative estimate of drug-likeness (QED) is 0.595. The van der Waals surface area contributed by atoms with E-state index in [1.807, 2.05) is 0 Å². The molecule has 22 heavy (non-hydrogen) atoms. The van der Waals surface area contributed by atoms with Crippen molar-refractivity contribution in [2.45, 2.75) is 13.3 Å². The fourth-order valence-corrected chi connectivity index (χ4v) is 2.51. The molecule has 0 spiro atoms. The maximum absolute atomic E-state index is 12.1. The summed E-state index contributed by atoms with van der Waals surface area (Å²) < 4.78 is 1.70. The Kier molecular flexibility index (Phi) is 7.58. The zero-order chi connectivity index (χ0) is 15.2. The smallest absolute Gasteiger partial charge is 0.267 e. The summed E-state index contributed by atoms with van der Waals surface area (Å²) in [6, 6.07) is 1.65. The van der Waals surface area contributed by atoms with Gasteiger partial charge in [-0.25, -0.2) is 0 Å². The fraction of sp³-hybridized carbons (Fsp3) is 0.600. The van der Waals surface area contributed by atoms with Crippen molar-refractivity contribution in [3.8, 4) is 0 Å². The van der Waals surface area contributed by atoms with Gasteiger partial charge in [-0.15, -0.1) is 12.4 Å². The Balaban J connectivity index is 0.00000242. The summed E-state index contributed by atoms with van der Waals surface area (Å²) in [5.74, 6) is -0.145. The van der Waals surface area contributed by atoms with Gasteiger partial charge < -0.3 is 20.1 Å². The number of hydrogen-bond acceptors (Lipinski definition) is 4. The molecule has 0 radical (unpaired) electrons. The summed E-state index contributed by atoms with van der Waals surface area (Å²) in [5.41, 5.74) is 1.10. The highest BCUT2D eigenvalue weighted by molar-refractivity contribution is 5.99. The lowest BCUT2D eigenvalue weighted by atomic mass is 10.2. The third kappa shape index (κ3) is 5.12. The van der Waals surface area contributed by atoms with Gasteiger partial charge in [0.15, 0.2) is 5.78 Å². The molecule has 1 saturated heterocycles. The third-order valence-corrected chi connectivity index (χ3v) is 3.79. The number of aromatic nitrogens is 1. The summed E-state index contributed by atoms with van der Waals surface area (Å²) in [7, 11) is 1.78. The van der Waals surface area contributed by atoms with Crippen molar-refractivity contribution in [3.63, 3.8) is 0 Å². The maximum Gasteiger partial charge on any atom is 0.267 e. The number of halogens is 1. The van der Waals surface area contributed by atoms with Crippen LogP contribution in [0.4, 0.5) is 0 Å². The summed E-state index contributed by atoms with van der Waals surface area (Å²) >= 11 is 0.